The molecule has 4 nitrogen and oxygen atoms in total. The zero-order valence-electron chi connectivity index (χ0n) is 12.5. The summed E-state index contributed by atoms with van der Waals surface area (Å²) < 4.78 is 2.04. The number of amides is 1. The molecule has 2 aromatic heterocycles. The summed E-state index contributed by atoms with van der Waals surface area (Å²) in [7, 11) is 0. The number of benzene rings is 1. The van der Waals surface area contributed by atoms with Gasteiger partial charge in [-0.2, -0.15) is 0 Å². The third kappa shape index (κ3) is 2.82. The Morgan fingerprint density at radius 3 is 2.74 bits per heavy atom. The minimum absolute atomic E-state index is 0.143. The Morgan fingerprint density at radius 2 is 2.00 bits per heavy atom. The van der Waals surface area contributed by atoms with Crippen LogP contribution in [0.2, 0.25) is 5.02 Å². The largest absolute Gasteiger partial charge is 0.347 e. The SMILES string of the molecule is O=C(NCc1ccc(Cl)cc1)c1nc(C2CC2)n2ccccc12. The molecule has 0 radical (unpaired) electrons. The average Bonchev–Trinajstić information content (AvgIpc) is 3.34. The fraction of sp³-hybridized carbons (Fsp3) is 0.222. The van der Waals surface area contributed by atoms with Gasteiger partial charge >= 0.3 is 0 Å². The van der Waals surface area contributed by atoms with Crippen LogP contribution in [0.3, 0.4) is 0 Å². The highest BCUT2D eigenvalue weighted by molar-refractivity contribution is 6.30. The van der Waals surface area contributed by atoms with Gasteiger partial charge in [-0.1, -0.05) is 29.8 Å². The number of carbonyl (C=O) groups is 1. The summed E-state index contributed by atoms with van der Waals surface area (Å²) in [5.74, 6) is 1.34. The first-order valence-corrected chi connectivity index (χ1v) is 8.10. The maximum atomic E-state index is 12.5. The van der Waals surface area contributed by atoms with E-state index < -0.39 is 0 Å². The molecular formula is C18H16ClN3O. The fourth-order valence-electron chi connectivity index (χ4n) is 2.73. The molecule has 5 heteroatoms. The molecule has 0 bridgehead atoms. The monoisotopic (exact) mass is 325 g/mol. The second kappa shape index (κ2) is 5.70. The Morgan fingerprint density at radius 1 is 1.22 bits per heavy atom. The molecule has 1 N–H and O–H groups in total. The number of hydrogen-bond donors (Lipinski definition) is 1. The van der Waals surface area contributed by atoms with Crippen molar-refractivity contribution >= 4 is 23.0 Å². The van der Waals surface area contributed by atoms with Crippen molar-refractivity contribution < 1.29 is 4.79 Å². The number of fused-ring (bicyclic) bond motifs is 1. The molecule has 1 aliphatic rings. The van der Waals surface area contributed by atoms with Crippen LogP contribution < -0.4 is 5.32 Å². The lowest BCUT2D eigenvalue weighted by Crippen LogP contribution is -2.23. The Hall–Kier alpha value is -2.33. The second-order valence-electron chi connectivity index (χ2n) is 5.86. The molecule has 3 aromatic rings. The van der Waals surface area contributed by atoms with Gasteiger partial charge in [-0.25, -0.2) is 4.98 Å². The topological polar surface area (TPSA) is 46.4 Å². The molecule has 1 aromatic carbocycles. The van der Waals surface area contributed by atoms with E-state index in [1.54, 1.807) is 0 Å². The van der Waals surface area contributed by atoms with Crippen LogP contribution in [0.25, 0.3) is 5.52 Å². The van der Waals surface area contributed by atoms with Gasteiger partial charge in [0.15, 0.2) is 5.69 Å². The number of carbonyl (C=O) groups excluding carboxylic acids is 1. The molecule has 1 amide bonds. The van der Waals surface area contributed by atoms with Crippen molar-refractivity contribution in [1.29, 1.82) is 0 Å². The number of rotatable bonds is 4. The van der Waals surface area contributed by atoms with Crippen LogP contribution in [-0.4, -0.2) is 15.3 Å². The lowest BCUT2D eigenvalue weighted by atomic mass is 10.2. The molecule has 1 fully saturated rings. The maximum absolute atomic E-state index is 12.5. The van der Waals surface area contributed by atoms with Gasteiger partial charge in [0.1, 0.15) is 5.82 Å². The molecule has 0 aliphatic heterocycles. The van der Waals surface area contributed by atoms with Gasteiger partial charge in [0.2, 0.25) is 0 Å². The van der Waals surface area contributed by atoms with Crippen molar-refractivity contribution in [1.82, 2.24) is 14.7 Å². The van der Waals surface area contributed by atoms with E-state index >= 15 is 0 Å². The van der Waals surface area contributed by atoms with E-state index in [4.69, 9.17) is 11.6 Å². The highest BCUT2D eigenvalue weighted by Crippen LogP contribution is 2.39. The van der Waals surface area contributed by atoms with Crippen molar-refractivity contribution in [3.05, 3.63) is 70.8 Å². The van der Waals surface area contributed by atoms with E-state index in [1.165, 1.54) is 0 Å². The van der Waals surface area contributed by atoms with E-state index in [9.17, 15) is 4.79 Å². The number of imidazole rings is 1. The van der Waals surface area contributed by atoms with Gasteiger partial charge in [0, 0.05) is 23.7 Å². The van der Waals surface area contributed by atoms with Crippen molar-refractivity contribution in [2.45, 2.75) is 25.3 Å². The first-order chi connectivity index (χ1) is 11.2. The van der Waals surface area contributed by atoms with Gasteiger partial charge < -0.3 is 9.72 Å². The fourth-order valence-corrected chi connectivity index (χ4v) is 2.85. The van der Waals surface area contributed by atoms with Crippen LogP contribution in [0, 0.1) is 0 Å². The van der Waals surface area contributed by atoms with Crippen LogP contribution >= 0.6 is 11.6 Å². The first-order valence-electron chi connectivity index (χ1n) is 7.72. The van der Waals surface area contributed by atoms with Crippen LogP contribution in [-0.2, 0) is 6.54 Å². The summed E-state index contributed by atoms with van der Waals surface area (Å²) in [4.78, 5) is 17.1. The third-order valence-corrected chi connectivity index (χ3v) is 4.35. The standard InChI is InChI=1S/C18H16ClN3O/c19-14-8-4-12(5-9-14)11-20-18(23)16-15-3-1-2-10-22(15)17(21-16)13-6-7-13/h1-5,8-10,13H,6-7,11H2,(H,20,23). The predicted octanol–water partition coefficient (Wildman–Crippen LogP) is 3.80. The molecule has 23 heavy (non-hydrogen) atoms. The van der Waals surface area contributed by atoms with Crippen LogP contribution in [0.4, 0.5) is 0 Å². The number of aromatic nitrogens is 2. The molecule has 0 spiro atoms. The van der Waals surface area contributed by atoms with Gasteiger partial charge in [-0.05, 0) is 42.7 Å². The summed E-state index contributed by atoms with van der Waals surface area (Å²) in [6.45, 7) is 0.459. The number of nitrogens with one attached hydrogen (secondary N) is 1. The number of hydrogen-bond acceptors (Lipinski definition) is 2. The average molecular weight is 326 g/mol. The van der Waals surface area contributed by atoms with Gasteiger partial charge in [0.25, 0.3) is 5.91 Å². The van der Waals surface area contributed by atoms with E-state index in [2.05, 4.69) is 10.3 Å². The summed E-state index contributed by atoms with van der Waals surface area (Å²) >= 11 is 5.87. The number of halogens is 1. The quantitative estimate of drug-likeness (QED) is 0.793. The minimum atomic E-state index is -0.143. The van der Waals surface area contributed by atoms with Crippen molar-refractivity contribution in [3.63, 3.8) is 0 Å². The molecule has 0 saturated heterocycles. The molecule has 1 saturated carbocycles. The summed E-state index contributed by atoms with van der Waals surface area (Å²) in [6, 6.07) is 13.3. The number of nitrogens with zero attached hydrogens (tertiary/aromatic N) is 2. The first kappa shape index (κ1) is 14.3. The second-order valence-corrected chi connectivity index (χ2v) is 6.29. The number of pyridine rings is 1. The molecule has 4 rings (SSSR count). The highest BCUT2D eigenvalue weighted by Gasteiger charge is 2.30. The Labute approximate surface area is 139 Å². The highest BCUT2D eigenvalue weighted by atomic mass is 35.5. The Kier molecular flexibility index (Phi) is 3.54. The van der Waals surface area contributed by atoms with E-state index in [0.29, 0.717) is 23.2 Å². The summed E-state index contributed by atoms with van der Waals surface area (Å²) in [5.41, 5.74) is 2.37. The Bertz CT molecular complexity index is 866. The lowest BCUT2D eigenvalue weighted by Gasteiger charge is -2.04. The van der Waals surface area contributed by atoms with E-state index in [0.717, 1.165) is 29.7 Å². The third-order valence-electron chi connectivity index (χ3n) is 4.10. The van der Waals surface area contributed by atoms with Crippen LogP contribution in [0.5, 0.6) is 0 Å². The van der Waals surface area contributed by atoms with E-state index in [-0.39, 0.29) is 5.91 Å². The van der Waals surface area contributed by atoms with Crippen molar-refractivity contribution in [2.24, 2.45) is 0 Å². The summed E-state index contributed by atoms with van der Waals surface area (Å²) in [6.07, 6.45) is 4.28. The van der Waals surface area contributed by atoms with Crippen molar-refractivity contribution in [3.8, 4) is 0 Å². The minimum Gasteiger partial charge on any atom is -0.347 e. The van der Waals surface area contributed by atoms with Gasteiger partial charge in [-0.15, -0.1) is 0 Å². The zero-order chi connectivity index (χ0) is 15.8. The maximum Gasteiger partial charge on any atom is 0.272 e. The van der Waals surface area contributed by atoms with Gasteiger partial charge in [0.05, 0.1) is 5.52 Å². The van der Waals surface area contributed by atoms with Crippen LogP contribution in [0.15, 0.2) is 48.7 Å². The van der Waals surface area contributed by atoms with E-state index in [1.807, 2.05) is 53.1 Å². The summed E-state index contributed by atoms with van der Waals surface area (Å²) in [5, 5.41) is 3.63. The molecule has 0 atom stereocenters. The van der Waals surface area contributed by atoms with Gasteiger partial charge in [-0.3, -0.25) is 4.79 Å². The molecule has 1 aliphatic carbocycles. The normalized spacial score (nSPS) is 14.1. The van der Waals surface area contributed by atoms with Crippen molar-refractivity contribution in [2.75, 3.05) is 0 Å². The lowest BCUT2D eigenvalue weighted by molar-refractivity contribution is 0.0948. The molecular weight excluding hydrogens is 310 g/mol. The Balaban J connectivity index is 1.58. The molecule has 116 valence electrons. The zero-order valence-corrected chi connectivity index (χ0v) is 13.3. The van der Waals surface area contributed by atoms with Crippen LogP contribution in [0.1, 0.15) is 40.6 Å². The molecule has 2 heterocycles. The molecule has 0 unspecified atom stereocenters. The smallest absolute Gasteiger partial charge is 0.272 e. The predicted molar refractivity (Wildman–Crippen MR) is 89.8 cm³/mol.